The highest BCUT2D eigenvalue weighted by molar-refractivity contribution is 6.12. The summed E-state index contributed by atoms with van der Waals surface area (Å²) in [6.07, 6.45) is 0. The van der Waals surface area contributed by atoms with Gasteiger partial charge in [0, 0.05) is 49.6 Å². The van der Waals surface area contributed by atoms with Gasteiger partial charge in [-0.1, -0.05) is 127 Å². The summed E-state index contributed by atoms with van der Waals surface area (Å²) in [5.41, 5.74) is 11.8. The molecule has 0 aliphatic heterocycles. The van der Waals surface area contributed by atoms with Gasteiger partial charge in [0.1, 0.15) is 0 Å². The lowest BCUT2D eigenvalue weighted by molar-refractivity contribution is 1.16. The van der Waals surface area contributed by atoms with Crippen LogP contribution in [-0.2, 0) is 0 Å². The summed E-state index contributed by atoms with van der Waals surface area (Å²) >= 11 is 0. The molecule has 234 valence electrons. The van der Waals surface area contributed by atoms with E-state index in [1.54, 1.807) is 0 Å². The van der Waals surface area contributed by atoms with E-state index < -0.39 is 0 Å². The zero-order chi connectivity index (χ0) is 33.0. The van der Waals surface area contributed by atoms with Gasteiger partial charge >= 0.3 is 0 Å². The smallest absolute Gasteiger partial charge is 0.160 e. The second kappa shape index (κ2) is 11.4. The predicted octanol–water partition coefficient (Wildman–Crippen LogP) is 11.7. The molecule has 4 heteroatoms. The Balaban J connectivity index is 1.21. The lowest BCUT2D eigenvalue weighted by Gasteiger charge is -2.12. The van der Waals surface area contributed by atoms with Crippen molar-refractivity contribution < 1.29 is 0 Å². The second-order valence-corrected chi connectivity index (χ2v) is 12.7. The standard InChI is InChI=1S/C46H30N4/c1-4-14-31(15-5-1)40-30-41(48-46(47-40)32-16-6-2-7-17-32)33-24-26-38-36-20-10-12-22-42(36)50(45(38)28-33)35-25-27-44-39(29-35)37-21-11-13-23-43(37)49(44)34-18-8-3-9-19-34/h1-30H. The van der Waals surface area contributed by atoms with Gasteiger partial charge in [0.2, 0.25) is 0 Å². The quantitative estimate of drug-likeness (QED) is 0.188. The first-order valence-corrected chi connectivity index (χ1v) is 16.9. The second-order valence-electron chi connectivity index (χ2n) is 12.7. The molecule has 0 spiro atoms. The van der Waals surface area contributed by atoms with E-state index in [1.807, 2.05) is 24.3 Å². The monoisotopic (exact) mass is 638 g/mol. The van der Waals surface area contributed by atoms with E-state index in [0.717, 1.165) is 45.0 Å². The highest BCUT2D eigenvalue weighted by Gasteiger charge is 2.18. The molecular weight excluding hydrogens is 609 g/mol. The normalized spacial score (nSPS) is 11.6. The summed E-state index contributed by atoms with van der Waals surface area (Å²) in [5, 5.41) is 4.88. The van der Waals surface area contributed by atoms with Crippen molar-refractivity contribution >= 4 is 43.6 Å². The summed E-state index contributed by atoms with van der Waals surface area (Å²) in [4.78, 5) is 10.2. The van der Waals surface area contributed by atoms with Crippen LogP contribution in [0.2, 0.25) is 0 Å². The molecule has 3 heterocycles. The summed E-state index contributed by atoms with van der Waals surface area (Å²) in [5.74, 6) is 0.711. The molecule has 0 fully saturated rings. The number of benzene rings is 7. The van der Waals surface area contributed by atoms with E-state index in [1.165, 1.54) is 38.1 Å². The molecule has 0 saturated carbocycles. The molecule has 0 unspecified atom stereocenters. The Morgan fingerprint density at radius 1 is 0.300 bits per heavy atom. The van der Waals surface area contributed by atoms with Gasteiger partial charge in [-0.25, -0.2) is 9.97 Å². The fourth-order valence-electron chi connectivity index (χ4n) is 7.43. The van der Waals surface area contributed by atoms with Crippen LogP contribution >= 0.6 is 0 Å². The number of hydrogen-bond donors (Lipinski definition) is 0. The summed E-state index contributed by atoms with van der Waals surface area (Å²) in [7, 11) is 0. The average Bonchev–Trinajstić information content (AvgIpc) is 3.71. The van der Waals surface area contributed by atoms with E-state index in [9.17, 15) is 0 Å². The third-order valence-corrected chi connectivity index (χ3v) is 9.73. The Kier molecular flexibility index (Phi) is 6.46. The fourth-order valence-corrected chi connectivity index (χ4v) is 7.43. The van der Waals surface area contributed by atoms with Crippen LogP contribution in [0.15, 0.2) is 182 Å². The van der Waals surface area contributed by atoms with E-state index >= 15 is 0 Å². The van der Waals surface area contributed by atoms with Crippen molar-refractivity contribution in [2.24, 2.45) is 0 Å². The molecular formula is C46H30N4. The van der Waals surface area contributed by atoms with Gasteiger partial charge < -0.3 is 9.13 Å². The molecule has 0 radical (unpaired) electrons. The van der Waals surface area contributed by atoms with Crippen LogP contribution in [0.4, 0.5) is 0 Å². The number of para-hydroxylation sites is 3. The molecule has 0 atom stereocenters. The van der Waals surface area contributed by atoms with E-state index in [0.29, 0.717) is 5.82 Å². The fraction of sp³-hybridized carbons (Fsp3) is 0. The highest BCUT2D eigenvalue weighted by atomic mass is 15.0. The molecule has 0 aliphatic rings. The topological polar surface area (TPSA) is 35.6 Å². The molecule has 4 nitrogen and oxygen atoms in total. The predicted molar refractivity (Wildman–Crippen MR) is 207 cm³/mol. The number of rotatable bonds is 5. The molecule has 0 N–H and O–H groups in total. The molecule has 0 bridgehead atoms. The van der Waals surface area contributed by atoms with Gasteiger partial charge in [-0.3, -0.25) is 0 Å². The van der Waals surface area contributed by atoms with Gasteiger partial charge in [-0.2, -0.15) is 0 Å². The molecule has 7 aromatic carbocycles. The number of nitrogens with zero attached hydrogens (tertiary/aromatic N) is 4. The number of aromatic nitrogens is 4. The maximum Gasteiger partial charge on any atom is 0.160 e. The third-order valence-electron chi connectivity index (χ3n) is 9.73. The molecule has 0 saturated heterocycles. The minimum absolute atomic E-state index is 0.711. The molecule has 0 amide bonds. The Bertz CT molecular complexity index is 2790. The lowest BCUT2D eigenvalue weighted by atomic mass is 10.0. The Labute approximate surface area is 289 Å². The van der Waals surface area contributed by atoms with Crippen molar-refractivity contribution in [1.82, 2.24) is 19.1 Å². The van der Waals surface area contributed by atoms with Crippen LogP contribution in [0.25, 0.3) is 88.9 Å². The molecule has 50 heavy (non-hydrogen) atoms. The molecule has 10 aromatic rings. The minimum atomic E-state index is 0.711. The first-order valence-electron chi connectivity index (χ1n) is 16.9. The SMILES string of the molecule is c1ccc(-c2cc(-c3ccc4c5ccccc5n(-c5ccc6c(c5)c5ccccc5n6-c5ccccc5)c4c3)nc(-c3ccccc3)n2)cc1. The Hall–Kier alpha value is -6.78. The largest absolute Gasteiger partial charge is 0.309 e. The first kappa shape index (κ1) is 28.3. The third kappa shape index (κ3) is 4.54. The summed E-state index contributed by atoms with van der Waals surface area (Å²) < 4.78 is 4.77. The Morgan fingerprint density at radius 3 is 1.52 bits per heavy atom. The maximum absolute atomic E-state index is 5.15. The lowest BCUT2D eigenvalue weighted by Crippen LogP contribution is -1.97. The minimum Gasteiger partial charge on any atom is -0.309 e. The van der Waals surface area contributed by atoms with Crippen LogP contribution in [-0.4, -0.2) is 19.1 Å². The van der Waals surface area contributed by atoms with Gasteiger partial charge in [-0.15, -0.1) is 0 Å². The number of fused-ring (bicyclic) bond motifs is 6. The van der Waals surface area contributed by atoms with E-state index in [-0.39, 0.29) is 0 Å². The van der Waals surface area contributed by atoms with Crippen molar-refractivity contribution in [3.05, 3.63) is 182 Å². The number of hydrogen-bond acceptors (Lipinski definition) is 2. The van der Waals surface area contributed by atoms with Crippen molar-refractivity contribution in [3.63, 3.8) is 0 Å². The van der Waals surface area contributed by atoms with Crippen molar-refractivity contribution in [3.8, 4) is 45.3 Å². The highest BCUT2D eigenvalue weighted by Crippen LogP contribution is 2.38. The van der Waals surface area contributed by atoms with Crippen LogP contribution in [0, 0.1) is 0 Å². The zero-order valence-electron chi connectivity index (χ0n) is 27.1. The maximum atomic E-state index is 5.15. The van der Waals surface area contributed by atoms with Crippen LogP contribution in [0.3, 0.4) is 0 Å². The van der Waals surface area contributed by atoms with Gasteiger partial charge in [0.05, 0.1) is 33.5 Å². The Morgan fingerprint density at radius 2 is 0.820 bits per heavy atom. The van der Waals surface area contributed by atoms with Crippen molar-refractivity contribution in [2.45, 2.75) is 0 Å². The average molecular weight is 639 g/mol. The summed E-state index contributed by atoms with van der Waals surface area (Å²) in [6, 6.07) is 64.3. The van der Waals surface area contributed by atoms with Gasteiger partial charge in [0.25, 0.3) is 0 Å². The van der Waals surface area contributed by atoms with Crippen LogP contribution in [0.1, 0.15) is 0 Å². The molecule has 3 aromatic heterocycles. The van der Waals surface area contributed by atoms with Crippen molar-refractivity contribution in [1.29, 1.82) is 0 Å². The molecule has 0 aliphatic carbocycles. The van der Waals surface area contributed by atoms with E-state index in [2.05, 4.69) is 167 Å². The summed E-state index contributed by atoms with van der Waals surface area (Å²) in [6.45, 7) is 0. The first-order chi connectivity index (χ1) is 24.8. The van der Waals surface area contributed by atoms with Crippen LogP contribution in [0.5, 0.6) is 0 Å². The van der Waals surface area contributed by atoms with E-state index in [4.69, 9.17) is 9.97 Å². The van der Waals surface area contributed by atoms with Crippen molar-refractivity contribution in [2.75, 3.05) is 0 Å². The van der Waals surface area contributed by atoms with Gasteiger partial charge in [0.15, 0.2) is 5.82 Å². The van der Waals surface area contributed by atoms with Crippen LogP contribution < -0.4 is 0 Å². The zero-order valence-corrected chi connectivity index (χ0v) is 27.1. The molecule has 10 rings (SSSR count). The van der Waals surface area contributed by atoms with Gasteiger partial charge in [-0.05, 0) is 54.6 Å².